The number of carbonyl (C=O) groups is 4. The van der Waals surface area contributed by atoms with Crippen LogP contribution < -0.4 is 20.4 Å². The molecule has 0 radical (unpaired) electrons. The van der Waals surface area contributed by atoms with Gasteiger partial charge in [0.25, 0.3) is 11.8 Å². The molecule has 188 valence electrons. The van der Waals surface area contributed by atoms with E-state index in [9.17, 15) is 19.2 Å². The summed E-state index contributed by atoms with van der Waals surface area (Å²) in [6, 6.07) is 4.84. The maximum Gasteiger partial charge on any atom is 0.408 e. The number of fused-ring (bicyclic) bond motifs is 1. The highest BCUT2D eigenvalue weighted by Gasteiger charge is 2.42. The molecule has 0 saturated carbocycles. The van der Waals surface area contributed by atoms with Crippen LogP contribution in [0.15, 0.2) is 24.3 Å². The van der Waals surface area contributed by atoms with Gasteiger partial charge in [0, 0.05) is 13.1 Å². The quantitative estimate of drug-likeness (QED) is 0.591. The van der Waals surface area contributed by atoms with E-state index in [-0.39, 0.29) is 11.8 Å². The molecular weight excluding hydrogens is 436 g/mol. The van der Waals surface area contributed by atoms with Gasteiger partial charge in [0.2, 0.25) is 5.91 Å². The van der Waals surface area contributed by atoms with Crippen molar-refractivity contribution in [1.29, 1.82) is 0 Å². The first-order valence-electron chi connectivity index (χ1n) is 11.7. The molecule has 2 rings (SSSR count). The van der Waals surface area contributed by atoms with Crippen molar-refractivity contribution in [3.63, 3.8) is 0 Å². The molecule has 1 aliphatic rings. The monoisotopic (exact) mass is 474 g/mol. The molecule has 1 aliphatic heterocycles. The number of anilines is 2. The third kappa shape index (κ3) is 6.95. The van der Waals surface area contributed by atoms with Crippen LogP contribution in [0.5, 0.6) is 0 Å². The van der Waals surface area contributed by atoms with Gasteiger partial charge in [0.15, 0.2) is 6.04 Å². The Hall–Kier alpha value is -3.10. The van der Waals surface area contributed by atoms with Gasteiger partial charge < -0.3 is 25.2 Å². The van der Waals surface area contributed by atoms with Crippen molar-refractivity contribution in [3.05, 3.63) is 24.3 Å². The molecule has 1 heterocycles. The van der Waals surface area contributed by atoms with E-state index < -0.39 is 41.5 Å². The number of alkyl carbamates (subject to hydrolysis) is 1. The third-order valence-corrected chi connectivity index (χ3v) is 5.00. The predicted molar refractivity (Wildman–Crippen MR) is 132 cm³/mol. The van der Waals surface area contributed by atoms with Crippen molar-refractivity contribution in [2.24, 2.45) is 11.8 Å². The van der Waals surface area contributed by atoms with Crippen LogP contribution in [-0.2, 0) is 19.1 Å². The zero-order valence-electron chi connectivity index (χ0n) is 21.5. The zero-order valence-corrected chi connectivity index (χ0v) is 21.5. The average molecular weight is 475 g/mol. The summed E-state index contributed by atoms with van der Waals surface area (Å²) in [5.74, 6) is -1.40. The Labute approximate surface area is 202 Å². The van der Waals surface area contributed by atoms with E-state index in [1.54, 1.807) is 30.6 Å². The van der Waals surface area contributed by atoms with Gasteiger partial charge in [-0.05, 0) is 51.7 Å². The molecule has 0 unspecified atom stereocenters. The van der Waals surface area contributed by atoms with Gasteiger partial charge >= 0.3 is 6.09 Å². The lowest BCUT2D eigenvalue weighted by Gasteiger charge is -2.27. The number of amides is 4. The smallest absolute Gasteiger partial charge is 0.408 e. The average Bonchev–Trinajstić information content (AvgIpc) is 2.77. The van der Waals surface area contributed by atoms with Crippen LogP contribution in [-0.4, -0.2) is 54.6 Å². The summed E-state index contributed by atoms with van der Waals surface area (Å²) in [5.41, 5.74) is 0.535. The van der Waals surface area contributed by atoms with Crippen LogP contribution in [0, 0.1) is 11.8 Å². The number of hydrogen-bond donors (Lipinski definition) is 2. The van der Waals surface area contributed by atoms with E-state index in [2.05, 4.69) is 10.6 Å². The molecule has 1 aromatic carbocycles. The van der Waals surface area contributed by atoms with Gasteiger partial charge in [-0.1, -0.05) is 39.8 Å². The van der Waals surface area contributed by atoms with Crippen LogP contribution in [0.25, 0.3) is 0 Å². The van der Waals surface area contributed by atoms with Crippen molar-refractivity contribution < 1.29 is 23.9 Å². The minimum Gasteiger partial charge on any atom is -0.444 e. The lowest BCUT2D eigenvalue weighted by atomic mass is 10.1. The van der Waals surface area contributed by atoms with E-state index in [1.807, 2.05) is 52.0 Å². The Kier molecular flexibility index (Phi) is 8.69. The summed E-state index contributed by atoms with van der Waals surface area (Å²) >= 11 is 0. The van der Waals surface area contributed by atoms with Crippen molar-refractivity contribution in [3.8, 4) is 0 Å². The minimum atomic E-state index is -1.42. The Morgan fingerprint density at radius 2 is 1.35 bits per heavy atom. The van der Waals surface area contributed by atoms with Crippen molar-refractivity contribution in [2.75, 3.05) is 22.9 Å². The zero-order chi connectivity index (χ0) is 25.8. The highest BCUT2D eigenvalue weighted by atomic mass is 16.6. The molecule has 34 heavy (non-hydrogen) atoms. The van der Waals surface area contributed by atoms with E-state index in [0.29, 0.717) is 24.5 Å². The topological polar surface area (TPSA) is 108 Å². The van der Waals surface area contributed by atoms with Gasteiger partial charge in [-0.2, -0.15) is 0 Å². The van der Waals surface area contributed by atoms with Gasteiger partial charge in [0.1, 0.15) is 11.6 Å². The lowest BCUT2D eigenvalue weighted by Crippen LogP contribution is -2.59. The fourth-order valence-corrected chi connectivity index (χ4v) is 3.62. The molecule has 2 N–H and O–H groups in total. The first kappa shape index (κ1) is 27.1. The number of carbonyl (C=O) groups excluding carboxylic acids is 4. The normalized spacial score (nSPS) is 15.8. The molecule has 0 spiro atoms. The second-order valence-corrected chi connectivity index (χ2v) is 10.5. The molecule has 0 aromatic heterocycles. The number of benzene rings is 1. The first-order chi connectivity index (χ1) is 15.7. The standard InChI is InChI=1S/C25H38N4O5/c1-15(2)13-28-18-11-9-10-12-19(18)29(14-16(3)4)23(32)20(22(28)31)27-21(30)17(5)26-24(33)34-25(6,7)8/h9-12,15-17,20H,13-14H2,1-8H3,(H,26,33)(H,27,30)/t17-/m0/s1. The largest absolute Gasteiger partial charge is 0.444 e. The summed E-state index contributed by atoms with van der Waals surface area (Å²) in [6.07, 6.45) is -0.760. The van der Waals surface area contributed by atoms with Crippen LogP contribution >= 0.6 is 0 Å². The van der Waals surface area contributed by atoms with Gasteiger partial charge in [-0.25, -0.2) is 4.79 Å². The Bertz CT molecular complexity index is 873. The summed E-state index contributed by atoms with van der Waals surface area (Å²) < 4.78 is 5.19. The van der Waals surface area contributed by atoms with Crippen LogP contribution in [0.1, 0.15) is 55.4 Å². The Morgan fingerprint density at radius 3 is 1.74 bits per heavy atom. The van der Waals surface area contributed by atoms with Gasteiger partial charge in [0.05, 0.1) is 11.4 Å². The molecule has 1 aromatic rings. The highest BCUT2D eigenvalue weighted by molar-refractivity contribution is 6.21. The molecule has 0 bridgehead atoms. The molecule has 0 fully saturated rings. The first-order valence-corrected chi connectivity index (χ1v) is 11.7. The minimum absolute atomic E-state index is 0.132. The van der Waals surface area contributed by atoms with E-state index in [0.717, 1.165) is 0 Å². The number of hydrogen-bond acceptors (Lipinski definition) is 5. The number of rotatable bonds is 7. The fraction of sp³-hybridized carbons (Fsp3) is 0.600. The maximum atomic E-state index is 13.6. The Balaban J connectivity index is 2.37. The summed E-state index contributed by atoms with van der Waals surface area (Å²) in [7, 11) is 0. The molecule has 9 heteroatoms. The maximum absolute atomic E-state index is 13.6. The molecule has 4 amide bonds. The number of nitrogens with zero attached hydrogens (tertiary/aromatic N) is 2. The van der Waals surface area contributed by atoms with Gasteiger partial charge in [-0.15, -0.1) is 0 Å². The number of nitrogens with one attached hydrogen (secondary N) is 2. The summed E-state index contributed by atoms with van der Waals surface area (Å²) in [6.45, 7) is 15.3. The van der Waals surface area contributed by atoms with E-state index >= 15 is 0 Å². The second-order valence-electron chi connectivity index (χ2n) is 10.5. The molecule has 0 aliphatic carbocycles. The van der Waals surface area contributed by atoms with Gasteiger partial charge in [-0.3, -0.25) is 14.4 Å². The van der Waals surface area contributed by atoms with E-state index in [1.165, 1.54) is 6.92 Å². The van der Waals surface area contributed by atoms with Crippen molar-refractivity contribution >= 4 is 35.2 Å². The van der Waals surface area contributed by atoms with Crippen LogP contribution in [0.3, 0.4) is 0 Å². The molecule has 0 saturated heterocycles. The second kappa shape index (κ2) is 10.9. The van der Waals surface area contributed by atoms with Crippen LogP contribution in [0.2, 0.25) is 0 Å². The third-order valence-electron chi connectivity index (χ3n) is 5.00. The van der Waals surface area contributed by atoms with Crippen LogP contribution in [0.4, 0.5) is 16.2 Å². The number of para-hydroxylation sites is 2. The SMILES string of the molecule is CC(C)CN1C(=O)C(NC(=O)[C@H](C)NC(=O)OC(C)(C)C)C(=O)N(CC(C)C)c2ccccc21. The molecule has 9 nitrogen and oxygen atoms in total. The Morgan fingerprint density at radius 1 is 0.912 bits per heavy atom. The number of ether oxygens (including phenoxy) is 1. The molecular formula is C25H38N4O5. The van der Waals surface area contributed by atoms with E-state index in [4.69, 9.17) is 4.74 Å². The van der Waals surface area contributed by atoms with Crippen molar-refractivity contribution in [2.45, 2.75) is 73.1 Å². The predicted octanol–water partition coefficient (Wildman–Crippen LogP) is 3.08. The lowest BCUT2D eigenvalue weighted by molar-refractivity contribution is -0.134. The highest BCUT2D eigenvalue weighted by Crippen LogP contribution is 2.34. The molecule has 1 atom stereocenters. The fourth-order valence-electron chi connectivity index (χ4n) is 3.62. The van der Waals surface area contributed by atoms with Crippen molar-refractivity contribution in [1.82, 2.24) is 10.6 Å². The summed E-state index contributed by atoms with van der Waals surface area (Å²) in [5, 5.41) is 5.03. The summed E-state index contributed by atoms with van der Waals surface area (Å²) in [4.78, 5) is 55.3.